The Morgan fingerprint density at radius 3 is 2.35 bits per heavy atom. The van der Waals surface area contributed by atoms with Gasteiger partial charge in [-0.2, -0.15) is 4.98 Å². The summed E-state index contributed by atoms with van der Waals surface area (Å²) in [6, 6.07) is 1.53. The average Bonchev–Trinajstić information content (AvgIpc) is 2.76. The van der Waals surface area contributed by atoms with Crippen molar-refractivity contribution in [3.63, 3.8) is 0 Å². The normalized spacial score (nSPS) is 14.2. The Kier molecular flexibility index (Phi) is 9.56. The molecule has 0 amide bonds. The molecule has 0 radical (unpaired) electrons. The van der Waals surface area contributed by atoms with Gasteiger partial charge >= 0.3 is 5.97 Å². The SMILES string of the molecule is CC(C)C(=O)O.COc1c(Nc2c(C)cc(S(C)(=O)=O)nc2C)ncnc1OC1CCNCC1. The summed E-state index contributed by atoms with van der Waals surface area (Å²) < 4.78 is 35.1. The molecule has 1 aliphatic heterocycles. The van der Waals surface area contributed by atoms with E-state index in [0.717, 1.165) is 37.8 Å². The van der Waals surface area contributed by atoms with Gasteiger partial charge in [0, 0.05) is 6.26 Å². The van der Waals surface area contributed by atoms with Crippen molar-refractivity contribution in [1.82, 2.24) is 20.3 Å². The van der Waals surface area contributed by atoms with Crippen LogP contribution < -0.4 is 20.1 Å². The molecule has 0 aliphatic carbocycles. The zero-order valence-corrected chi connectivity index (χ0v) is 21.2. The van der Waals surface area contributed by atoms with E-state index in [4.69, 9.17) is 14.6 Å². The predicted molar refractivity (Wildman–Crippen MR) is 128 cm³/mol. The van der Waals surface area contributed by atoms with Gasteiger partial charge in [0.05, 0.1) is 24.4 Å². The van der Waals surface area contributed by atoms with Crippen LogP contribution in [-0.4, -0.2) is 67.0 Å². The fraction of sp³-hybridized carbons (Fsp3) is 0.545. The van der Waals surface area contributed by atoms with Crippen LogP contribution >= 0.6 is 0 Å². The Balaban J connectivity index is 0.000000604. The molecule has 0 bridgehead atoms. The first-order valence-electron chi connectivity index (χ1n) is 10.9. The number of nitrogens with one attached hydrogen (secondary N) is 2. The van der Waals surface area contributed by atoms with Crippen LogP contribution in [-0.2, 0) is 14.6 Å². The highest BCUT2D eigenvalue weighted by molar-refractivity contribution is 7.90. The molecule has 3 heterocycles. The molecule has 0 atom stereocenters. The highest BCUT2D eigenvalue weighted by Gasteiger charge is 2.21. The van der Waals surface area contributed by atoms with Crippen LogP contribution in [0.1, 0.15) is 37.9 Å². The Labute approximate surface area is 200 Å². The van der Waals surface area contributed by atoms with Crippen molar-refractivity contribution in [2.45, 2.75) is 51.7 Å². The summed E-state index contributed by atoms with van der Waals surface area (Å²) in [5, 5.41) is 14.5. The van der Waals surface area contributed by atoms with Crippen LogP contribution in [0.3, 0.4) is 0 Å². The number of hydrogen-bond donors (Lipinski definition) is 3. The monoisotopic (exact) mass is 495 g/mol. The number of carbonyl (C=O) groups is 1. The van der Waals surface area contributed by atoms with Crippen LogP contribution in [0.5, 0.6) is 11.6 Å². The van der Waals surface area contributed by atoms with E-state index in [2.05, 4.69) is 25.6 Å². The van der Waals surface area contributed by atoms with Crippen molar-refractivity contribution < 1.29 is 27.8 Å². The van der Waals surface area contributed by atoms with E-state index in [1.54, 1.807) is 20.8 Å². The standard InChI is InChI=1S/C18H25N5O4S.C4H8O2/c1-11-9-14(28(4,24)25)22-12(2)15(11)23-17-16(26-3)18(21-10-20-17)27-13-5-7-19-8-6-13;1-3(2)4(5)6/h9-10,13,19H,5-8H2,1-4H3,(H,20,21,23);3H,1-2H3,(H,5,6). The highest BCUT2D eigenvalue weighted by atomic mass is 32.2. The molecular weight excluding hydrogens is 462 g/mol. The molecule has 1 aliphatic rings. The molecule has 0 spiro atoms. The second-order valence-corrected chi connectivity index (χ2v) is 10.2. The van der Waals surface area contributed by atoms with Crippen molar-refractivity contribution in [3.05, 3.63) is 23.7 Å². The maximum atomic E-state index is 11.8. The third kappa shape index (κ3) is 7.52. The molecule has 0 saturated carbocycles. The topological polar surface area (TPSA) is 153 Å². The molecule has 12 heteroatoms. The van der Waals surface area contributed by atoms with Crippen molar-refractivity contribution >= 4 is 27.3 Å². The number of anilines is 2. The number of piperidine rings is 1. The molecule has 3 N–H and O–H groups in total. The van der Waals surface area contributed by atoms with E-state index in [1.165, 1.54) is 19.5 Å². The number of hydrogen-bond acceptors (Lipinski definition) is 10. The fourth-order valence-corrected chi connectivity index (χ4v) is 3.77. The zero-order chi connectivity index (χ0) is 25.5. The van der Waals surface area contributed by atoms with Gasteiger partial charge in [0.1, 0.15) is 12.4 Å². The lowest BCUT2D eigenvalue weighted by Gasteiger charge is -2.24. The van der Waals surface area contributed by atoms with E-state index in [1.807, 2.05) is 6.92 Å². The first kappa shape index (κ1) is 27.3. The highest BCUT2D eigenvalue weighted by Crippen LogP contribution is 2.35. The maximum Gasteiger partial charge on any atom is 0.305 e. The van der Waals surface area contributed by atoms with Crippen LogP contribution in [0.15, 0.2) is 17.4 Å². The summed E-state index contributed by atoms with van der Waals surface area (Å²) in [6.45, 7) is 8.64. The Hall–Kier alpha value is -2.99. The lowest BCUT2D eigenvalue weighted by Crippen LogP contribution is -2.34. The van der Waals surface area contributed by atoms with Gasteiger partial charge in [-0.25, -0.2) is 18.4 Å². The van der Waals surface area contributed by atoms with Gasteiger partial charge < -0.3 is 25.2 Å². The third-order valence-corrected chi connectivity index (χ3v) is 6.00. The number of aliphatic carboxylic acids is 1. The molecule has 0 aromatic carbocycles. The van der Waals surface area contributed by atoms with Gasteiger partial charge in [-0.1, -0.05) is 13.8 Å². The number of carboxylic acid groups (broad SMARTS) is 1. The van der Waals surface area contributed by atoms with Crippen LogP contribution in [0.2, 0.25) is 0 Å². The third-order valence-electron chi connectivity index (χ3n) is 5.03. The number of methoxy groups -OCH3 is 1. The molecule has 34 heavy (non-hydrogen) atoms. The molecule has 2 aromatic rings. The second-order valence-electron chi connectivity index (χ2n) is 8.26. The minimum absolute atomic E-state index is 0.0395. The minimum atomic E-state index is -3.39. The van der Waals surface area contributed by atoms with E-state index in [9.17, 15) is 13.2 Å². The molecule has 188 valence electrons. The number of rotatable bonds is 7. The molecule has 1 fully saturated rings. The summed E-state index contributed by atoms with van der Waals surface area (Å²) >= 11 is 0. The van der Waals surface area contributed by atoms with Crippen LogP contribution in [0.4, 0.5) is 11.5 Å². The largest absolute Gasteiger partial charge is 0.489 e. The summed E-state index contributed by atoms with van der Waals surface area (Å²) in [4.78, 5) is 22.4. The first-order valence-corrected chi connectivity index (χ1v) is 12.8. The lowest BCUT2D eigenvalue weighted by atomic mass is 10.1. The molecule has 3 rings (SSSR count). The van der Waals surface area contributed by atoms with Crippen molar-refractivity contribution in [3.8, 4) is 11.6 Å². The molecule has 1 saturated heterocycles. The van der Waals surface area contributed by atoms with Crippen molar-refractivity contribution in [1.29, 1.82) is 0 Å². The number of sulfone groups is 1. The average molecular weight is 496 g/mol. The zero-order valence-electron chi connectivity index (χ0n) is 20.4. The second kappa shape index (κ2) is 11.9. The molecule has 0 unspecified atom stereocenters. The van der Waals surface area contributed by atoms with Gasteiger partial charge in [0.2, 0.25) is 5.75 Å². The van der Waals surface area contributed by atoms with Crippen molar-refractivity contribution in [2.24, 2.45) is 5.92 Å². The number of ether oxygens (including phenoxy) is 2. The van der Waals surface area contributed by atoms with Gasteiger partial charge in [-0.3, -0.25) is 4.79 Å². The maximum absolute atomic E-state index is 11.8. The van der Waals surface area contributed by atoms with E-state index >= 15 is 0 Å². The number of aryl methyl sites for hydroxylation is 2. The minimum Gasteiger partial charge on any atom is -0.489 e. The summed E-state index contributed by atoms with van der Waals surface area (Å²) in [7, 11) is -1.86. The number of aromatic nitrogens is 3. The van der Waals surface area contributed by atoms with E-state index in [0.29, 0.717) is 28.8 Å². The number of pyridine rings is 1. The number of carboxylic acids is 1. The molecule has 11 nitrogen and oxygen atoms in total. The Morgan fingerprint density at radius 1 is 1.24 bits per heavy atom. The quantitative estimate of drug-likeness (QED) is 0.519. The van der Waals surface area contributed by atoms with Gasteiger partial charge in [-0.05, 0) is 51.4 Å². The Morgan fingerprint density at radius 2 is 1.85 bits per heavy atom. The molecule has 2 aromatic heterocycles. The Bertz CT molecular complexity index is 1080. The lowest BCUT2D eigenvalue weighted by molar-refractivity contribution is -0.140. The summed E-state index contributed by atoms with van der Waals surface area (Å²) in [6.07, 6.45) is 4.40. The number of nitrogens with zero attached hydrogens (tertiary/aromatic N) is 3. The predicted octanol–water partition coefficient (Wildman–Crippen LogP) is 2.50. The van der Waals surface area contributed by atoms with E-state index in [-0.39, 0.29) is 17.0 Å². The first-order chi connectivity index (χ1) is 15.9. The van der Waals surface area contributed by atoms with Crippen molar-refractivity contribution in [2.75, 3.05) is 31.8 Å². The van der Waals surface area contributed by atoms with E-state index < -0.39 is 15.8 Å². The molecular formula is C22H33N5O6S. The summed E-state index contributed by atoms with van der Waals surface area (Å²) in [5.41, 5.74) is 1.94. The summed E-state index contributed by atoms with van der Waals surface area (Å²) in [5.74, 6) is 0.233. The van der Waals surface area contributed by atoms with Gasteiger partial charge in [0.25, 0.3) is 5.88 Å². The fourth-order valence-electron chi connectivity index (χ4n) is 3.08. The van der Waals surface area contributed by atoms with Crippen LogP contribution in [0, 0.1) is 19.8 Å². The smallest absolute Gasteiger partial charge is 0.305 e. The van der Waals surface area contributed by atoms with Gasteiger partial charge in [-0.15, -0.1) is 0 Å². The van der Waals surface area contributed by atoms with Crippen LogP contribution in [0.25, 0.3) is 0 Å². The van der Waals surface area contributed by atoms with Gasteiger partial charge in [0.15, 0.2) is 20.7 Å².